The molecule has 2 heterocycles. The molecule has 0 aliphatic carbocycles. The third-order valence-electron chi connectivity index (χ3n) is 3.12. The number of nitrogens with zero attached hydrogens (tertiary/aromatic N) is 3. The molecule has 20 heavy (non-hydrogen) atoms. The summed E-state index contributed by atoms with van der Waals surface area (Å²) < 4.78 is 26.2. The van der Waals surface area contributed by atoms with Gasteiger partial charge in [0.05, 0.1) is 6.54 Å². The fourth-order valence-corrected chi connectivity index (χ4v) is 3.26. The summed E-state index contributed by atoms with van der Waals surface area (Å²) in [5.41, 5.74) is 0. The maximum atomic E-state index is 12.7. The van der Waals surface area contributed by atoms with Crippen LogP contribution in [0.2, 0.25) is 0 Å². The van der Waals surface area contributed by atoms with Crippen LogP contribution in [0.3, 0.4) is 0 Å². The van der Waals surface area contributed by atoms with Gasteiger partial charge in [-0.05, 0) is 18.6 Å². The first-order valence-corrected chi connectivity index (χ1v) is 7.61. The zero-order valence-electron chi connectivity index (χ0n) is 11.4. The van der Waals surface area contributed by atoms with Crippen molar-refractivity contribution >= 4 is 17.7 Å². The van der Waals surface area contributed by atoms with Crippen LogP contribution in [0.25, 0.3) is 0 Å². The summed E-state index contributed by atoms with van der Waals surface area (Å²) in [6.07, 6.45) is 5.11. The largest absolute Gasteiger partial charge is 0.355 e. The van der Waals surface area contributed by atoms with Crippen molar-refractivity contribution in [1.82, 2.24) is 20.2 Å². The molecule has 2 rings (SSSR count). The second-order valence-corrected chi connectivity index (χ2v) is 5.88. The fourth-order valence-electron chi connectivity index (χ4n) is 2.06. The first-order valence-electron chi connectivity index (χ1n) is 6.56. The molecule has 1 aliphatic heterocycles. The highest BCUT2D eigenvalue weighted by Crippen LogP contribution is 2.25. The Balaban J connectivity index is 1.79. The van der Waals surface area contributed by atoms with Gasteiger partial charge < -0.3 is 10.6 Å². The summed E-state index contributed by atoms with van der Waals surface area (Å²) in [6.45, 7) is -1.51. The Labute approximate surface area is 121 Å². The van der Waals surface area contributed by atoms with Gasteiger partial charge in [-0.1, -0.05) is 0 Å². The van der Waals surface area contributed by atoms with E-state index in [0.29, 0.717) is 11.2 Å². The number of hydrogen-bond donors (Lipinski definition) is 2. The predicted molar refractivity (Wildman–Crippen MR) is 77.2 cm³/mol. The minimum absolute atomic E-state index is 0.217. The number of thioether (sulfide) groups is 1. The van der Waals surface area contributed by atoms with Gasteiger partial charge in [-0.3, -0.25) is 9.56 Å². The summed E-state index contributed by atoms with van der Waals surface area (Å²) >= 11 is 1.96. The summed E-state index contributed by atoms with van der Waals surface area (Å²) in [5.74, 6) is 2.11. The van der Waals surface area contributed by atoms with Crippen molar-refractivity contribution in [3.63, 3.8) is 0 Å². The zero-order chi connectivity index (χ0) is 14.4. The van der Waals surface area contributed by atoms with Gasteiger partial charge in [0, 0.05) is 31.2 Å². The fraction of sp³-hybridized carbons (Fsp3) is 0.667. The topological polar surface area (TPSA) is 54.2 Å². The summed E-state index contributed by atoms with van der Waals surface area (Å²) in [6, 6.07) is 0. The van der Waals surface area contributed by atoms with Crippen molar-refractivity contribution in [2.24, 2.45) is 4.99 Å². The van der Waals surface area contributed by atoms with Crippen LogP contribution >= 0.6 is 11.8 Å². The van der Waals surface area contributed by atoms with E-state index in [1.807, 2.05) is 11.8 Å². The Bertz CT molecular complexity index is 443. The molecule has 8 heteroatoms. The Kier molecular flexibility index (Phi) is 5.63. The van der Waals surface area contributed by atoms with E-state index in [4.69, 9.17) is 0 Å². The van der Waals surface area contributed by atoms with Gasteiger partial charge in [-0.25, -0.2) is 4.98 Å². The Hall–Kier alpha value is -1.31. The van der Waals surface area contributed by atoms with Gasteiger partial charge in [0.2, 0.25) is 0 Å². The molecule has 2 N–H and O–H groups in total. The van der Waals surface area contributed by atoms with Crippen molar-refractivity contribution in [3.8, 4) is 0 Å². The van der Waals surface area contributed by atoms with Crippen LogP contribution in [-0.4, -0.2) is 40.1 Å². The molecule has 0 aromatic carbocycles. The molecule has 0 saturated carbocycles. The number of alkyl halides is 2. The Morgan fingerprint density at radius 3 is 3.10 bits per heavy atom. The third-order valence-corrected chi connectivity index (χ3v) is 4.52. The van der Waals surface area contributed by atoms with E-state index in [0.717, 1.165) is 11.1 Å². The zero-order valence-corrected chi connectivity index (χ0v) is 12.2. The molecule has 1 aliphatic rings. The quantitative estimate of drug-likeness (QED) is 0.644. The molecule has 0 spiro atoms. The van der Waals surface area contributed by atoms with E-state index in [9.17, 15) is 8.78 Å². The van der Waals surface area contributed by atoms with Crippen molar-refractivity contribution in [2.75, 3.05) is 19.3 Å². The van der Waals surface area contributed by atoms with Crippen LogP contribution < -0.4 is 10.6 Å². The molecular weight excluding hydrogens is 284 g/mol. The average molecular weight is 303 g/mol. The molecule has 1 unspecified atom stereocenters. The van der Waals surface area contributed by atoms with Crippen molar-refractivity contribution in [2.45, 2.75) is 31.2 Å². The first kappa shape index (κ1) is 15.1. The Morgan fingerprint density at radius 2 is 2.45 bits per heavy atom. The molecule has 1 saturated heterocycles. The number of aliphatic imine (C=N–C) groups is 1. The van der Waals surface area contributed by atoms with Crippen molar-refractivity contribution in [3.05, 3.63) is 18.2 Å². The number of hydrogen-bond acceptors (Lipinski definition) is 3. The molecule has 0 radical (unpaired) electrons. The number of imidazole rings is 1. The minimum Gasteiger partial charge on any atom is -0.355 e. The lowest BCUT2D eigenvalue weighted by Gasteiger charge is -2.15. The van der Waals surface area contributed by atoms with Crippen LogP contribution in [0.15, 0.2) is 17.4 Å². The monoisotopic (exact) mass is 303 g/mol. The van der Waals surface area contributed by atoms with Gasteiger partial charge in [-0.2, -0.15) is 20.5 Å². The highest BCUT2D eigenvalue weighted by molar-refractivity contribution is 8.00. The van der Waals surface area contributed by atoms with Crippen LogP contribution in [0.5, 0.6) is 0 Å². The van der Waals surface area contributed by atoms with Crippen LogP contribution in [0, 0.1) is 0 Å². The van der Waals surface area contributed by atoms with Gasteiger partial charge in [0.15, 0.2) is 5.96 Å². The number of guanidine groups is 1. The third kappa shape index (κ3) is 4.09. The number of rotatable bonds is 5. The second-order valence-electron chi connectivity index (χ2n) is 4.47. The molecule has 1 aromatic heterocycles. The molecule has 1 atom stereocenters. The number of halogens is 2. The molecular formula is C12H19F2N5S. The highest BCUT2D eigenvalue weighted by Gasteiger charge is 2.16. The second kappa shape index (κ2) is 7.47. The molecule has 0 bridgehead atoms. The lowest BCUT2D eigenvalue weighted by Crippen LogP contribution is -2.40. The van der Waals surface area contributed by atoms with Crippen LogP contribution in [-0.2, 0) is 6.54 Å². The van der Waals surface area contributed by atoms with Crippen LogP contribution in [0.4, 0.5) is 8.78 Å². The van der Waals surface area contributed by atoms with Gasteiger partial charge >= 0.3 is 6.55 Å². The number of aromatic nitrogens is 2. The lowest BCUT2D eigenvalue weighted by molar-refractivity contribution is 0.0668. The maximum Gasteiger partial charge on any atom is 0.319 e. The van der Waals surface area contributed by atoms with E-state index >= 15 is 0 Å². The summed E-state index contributed by atoms with van der Waals surface area (Å²) in [7, 11) is 1.66. The summed E-state index contributed by atoms with van der Waals surface area (Å²) in [4.78, 5) is 8.00. The Morgan fingerprint density at radius 1 is 1.60 bits per heavy atom. The summed E-state index contributed by atoms with van der Waals surface area (Å²) in [5, 5.41) is 6.83. The molecule has 0 amide bonds. The minimum atomic E-state index is -2.57. The van der Waals surface area contributed by atoms with Gasteiger partial charge in [0.1, 0.15) is 5.82 Å². The molecule has 1 aromatic rings. The van der Waals surface area contributed by atoms with Crippen LogP contribution in [0.1, 0.15) is 25.2 Å². The van der Waals surface area contributed by atoms with E-state index < -0.39 is 6.55 Å². The van der Waals surface area contributed by atoms with E-state index in [-0.39, 0.29) is 12.4 Å². The normalized spacial score (nSPS) is 19.6. The SMILES string of the molecule is CN=C(NCc1nccn1C(F)F)NCC1CCCS1. The first-order chi connectivity index (χ1) is 9.70. The highest BCUT2D eigenvalue weighted by atomic mass is 32.2. The molecule has 1 fully saturated rings. The molecule has 112 valence electrons. The van der Waals surface area contributed by atoms with Gasteiger partial charge in [0.25, 0.3) is 0 Å². The van der Waals surface area contributed by atoms with E-state index in [1.54, 1.807) is 7.05 Å². The van der Waals surface area contributed by atoms with E-state index in [2.05, 4.69) is 20.6 Å². The predicted octanol–water partition coefficient (Wildman–Crippen LogP) is 1.84. The molecule has 5 nitrogen and oxygen atoms in total. The van der Waals surface area contributed by atoms with Crippen molar-refractivity contribution in [1.29, 1.82) is 0 Å². The number of nitrogens with one attached hydrogen (secondary N) is 2. The maximum absolute atomic E-state index is 12.7. The average Bonchev–Trinajstić information content (AvgIpc) is 3.09. The van der Waals surface area contributed by atoms with Gasteiger partial charge in [-0.15, -0.1) is 0 Å². The standard InChI is InChI=1S/C12H19F2N5S/c1-15-12(17-7-9-3-2-6-20-9)18-8-10-16-4-5-19(10)11(13)14/h4-5,9,11H,2-3,6-8H2,1H3,(H2,15,17,18). The van der Waals surface area contributed by atoms with Crippen molar-refractivity contribution < 1.29 is 8.78 Å². The van der Waals surface area contributed by atoms with E-state index in [1.165, 1.54) is 31.0 Å². The lowest BCUT2D eigenvalue weighted by atomic mass is 10.2. The smallest absolute Gasteiger partial charge is 0.319 e.